The van der Waals surface area contributed by atoms with E-state index in [4.69, 9.17) is 4.74 Å². The number of hydrogen-bond acceptors (Lipinski definition) is 6. The molecular formula is C28H25N3O5S. The van der Waals surface area contributed by atoms with Gasteiger partial charge in [0.15, 0.2) is 5.69 Å². The minimum Gasteiger partial charge on any atom is -0.508 e. The standard InChI is InChI=1S/C28H25N3O5S/c1-4-36-28(33)27-25-15-10-21(20-6-5-7-23(32)16-20)17-26(25)30(29-27)22-11-13-24(14-12-22)37(34,35)31-18(2)8-9-19(31)3/h5-17,32H,4H2,1-3H3. The molecule has 9 heteroatoms. The van der Waals surface area contributed by atoms with Crippen molar-refractivity contribution in [3.8, 4) is 22.6 Å². The lowest BCUT2D eigenvalue weighted by Gasteiger charge is -2.12. The van der Waals surface area contributed by atoms with Crippen molar-refractivity contribution in [2.24, 2.45) is 0 Å². The topological polar surface area (TPSA) is 103 Å². The van der Waals surface area contributed by atoms with Crippen LogP contribution in [0.2, 0.25) is 0 Å². The first kappa shape index (κ1) is 24.3. The monoisotopic (exact) mass is 515 g/mol. The summed E-state index contributed by atoms with van der Waals surface area (Å²) in [5.41, 5.74) is 4.24. The zero-order chi connectivity index (χ0) is 26.3. The molecule has 5 rings (SSSR count). The van der Waals surface area contributed by atoms with Crippen molar-refractivity contribution in [1.82, 2.24) is 13.8 Å². The van der Waals surface area contributed by atoms with Crippen molar-refractivity contribution in [2.45, 2.75) is 25.7 Å². The Morgan fingerprint density at radius 2 is 1.59 bits per heavy atom. The Labute approximate surface area is 214 Å². The van der Waals surface area contributed by atoms with E-state index in [1.54, 1.807) is 74.0 Å². The quantitative estimate of drug-likeness (QED) is 0.311. The van der Waals surface area contributed by atoms with Crippen LogP contribution in [0.5, 0.6) is 5.75 Å². The van der Waals surface area contributed by atoms with Crippen molar-refractivity contribution in [2.75, 3.05) is 6.61 Å². The van der Waals surface area contributed by atoms with Gasteiger partial charge in [-0.15, -0.1) is 0 Å². The zero-order valence-electron chi connectivity index (χ0n) is 20.5. The highest BCUT2D eigenvalue weighted by Gasteiger charge is 2.22. The number of benzene rings is 3. The smallest absolute Gasteiger partial charge is 0.359 e. The predicted octanol–water partition coefficient (Wildman–Crippen LogP) is 5.23. The van der Waals surface area contributed by atoms with Gasteiger partial charge in [-0.3, -0.25) is 0 Å². The molecule has 0 fully saturated rings. The van der Waals surface area contributed by atoms with Gasteiger partial charge in [-0.05, 0) is 92.6 Å². The fourth-order valence-electron chi connectivity index (χ4n) is 4.43. The Bertz CT molecular complexity index is 1730. The molecule has 0 radical (unpaired) electrons. The number of phenolic OH excluding ortho intramolecular Hbond substituents is 1. The number of rotatable bonds is 6. The molecule has 8 nitrogen and oxygen atoms in total. The third-order valence-electron chi connectivity index (χ3n) is 6.16. The summed E-state index contributed by atoms with van der Waals surface area (Å²) in [7, 11) is -3.77. The van der Waals surface area contributed by atoms with Crippen LogP contribution in [0.15, 0.2) is 83.8 Å². The molecule has 37 heavy (non-hydrogen) atoms. The number of carbonyl (C=O) groups is 1. The number of hydrogen-bond donors (Lipinski definition) is 1. The molecule has 0 spiro atoms. The van der Waals surface area contributed by atoms with Crippen molar-refractivity contribution >= 4 is 26.9 Å². The average Bonchev–Trinajstić information content (AvgIpc) is 3.43. The van der Waals surface area contributed by atoms with E-state index in [0.717, 1.165) is 11.1 Å². The van der Waals surface area contributed by atoms with Crippen LogP contribution >= 0.6 is 0 Å². The summed E-state index contributed by atoms with van der Waals surface area (Å²) in [6.07, 6.45) is 0. The van der Waals surface area contributed by atoms with Crippen molar-refractivity contribution < 1.29 is 23.1 Å². The molecule has 0 aliphatic carbocycles. The van der Waals surface area contributed by atoms with Crippen molar-refractivity contribution in [3.63, 3.8) is 0 Å². The van der Waals surface area contributed by atoms with Gasteiger partial charge in [0, 0.05) is 16.8 Å². The Morgan fingerprint density at radius 1 is 0.919 bits per heavy atom. The van der Waals surface area contributed by atoms with Crippen LogP contribution in [0, 0.1) is 13.8 Å². The maximum absolute atomic E-state index is 13.3. The van der Waals surface area contributed by atoms with Gasteiger partial charge >= 0.3 is 5.97 Å². The van der Waals surface area contributed by atoms with Crippen LogP contribution in [0.1, 0.15) is 28.8 Å². The molecule has 0 saturated carbocycles. The molecule has 1 N–H and O–H groups in total. The number of ether oxygens (including phenoxy) is 1. The highest BCUT2D eigenvalue weighted by Crippen LogP contribution is 2.30. The first-order valence-electron chi connectivity index (χ1n) is 11.7. The SMILES string of the molecule is CCOC(=O)c1nn(-c2ccc(S(=O)(=O)n3c(C)ccc3C)cc2)c2cc(-c3cccc(O)c3)ccc12. The lowest BCUT2D eigenvalue weighted by molar-refractivity contribution is 0.0521. The molecule has 0 unspecified atom stereocenters. The molecule has 0 saturated heterocycles. The summed E-state index contributed by atoms with van der Waals surface area (Å²) >= 11 is 0. The van der Waals surface area contributed by atoms with Gasteiger partial charge in [-0.2, -0.15) is 5.10 Å². The predicted molar refractivity (Wildman–Crippen MR) is 141 cm³/mol. The fourth-order valence-corrected chi connectivity index (χ4v) is 6.00. The van der Waals surface area contributed by atoms with Crippen LogP contribution in [0.4, 0.5) is 0 Å². The molecule has 0 amide bonds. The summed E-state index contributed by atoms with van der Waals surface area (Å²) in [6, 6.07) is 22.3. The summed E-state index contributed by atoms with van der Waals surface area (Å²) in [5.74, 6) is -0.405. The summed E-state index contributed by atoms with van der Waals surface area (Å²) in [5, 5.41) is 15.1. The van der Waals surface area contributed by atoms with Crippen LogP contribution < -0.4 is 0 Å². The van der Waals surface area contributed by atoms with E-state index in [1.165, 1.54) is 16.1 Å². The number of fused-ring (bicyclic) bond motifs is 1. The van der Waals surface area contributed by atoms with E-state index in [-0.39, 0.29) is 22.9 Å². The largest absolute Gasteiger partial charge is 0.508 e. The van der Waals surface area contributed by atoms with E-state index >= 15 is 0 Å². The zero-order valence-corrected chi connectivity index (χ0v) is 21.4. The average molecular weight is 516 g/mol. The van der Waals surface area contributed by atoms with E-state index in [1.807, 2.05) is 18.2 Å². The Morgan fingerprint density at radius 3 is 2.24 bits per heavy atom. The maximum atomic E-state index is 13.3. The third-order valence-corrected chi connectivity index (χ3v) is 8.08. The van der Waals surface area contributed by atoms with Gasteiger partial charge < -0.3 is 9.84 Å². The summed E-state index contributed by atoms with van der Waals surface area (Å²) in [4.78, 5) is 12.8. The van der Waals surface area contributed by atoms with Crippen molar-refractivity contribution in [3.05, 3.63) is 95.9 Å². The molecule has 3 aromatic carbocycles. The molecule has 5 aromatic rings. The van der Waals surface area contributed by atoms with E-state index in [9.17, 15) is 18.3 Å². The van der Waals surface area contributed by atoms with Crippen LogP contribution in [-0.2, 0) is 14.8 Å². The first-order valence-corrected chi connectivity index (χ1v) is 13.1. The minimum atomic E-state index is -3.77. The van der Waals surface area contributed by atoms with Gasteiger partial charge in [0.2, 0.25) is 0 Å². The van der Waals surface area contributed by atoms with Crippen LogP contribution in [-0.4, -0.2) is 39.9 Å². The molecular weight excluding hydrogens is 490 g/mol. The van der Waals surface area contributed by atoms with Crippen LogP contribution in [0.3, 0.4) is 0 Å². The molecule has 2 heterocycles. The van der Waals surface area contributed by atoms with Gasteiger partial charge in [0.25, 0.3) is 10.0 Å². The van der Waals surface area contributed by atoms with Crippen molar-refractivity contribution in [1.29, 1.82) is 0 Å². The lowest BCUT2D eigenvalue weighted by atomic mass is 10.0. The number of esters is 1. The Kier molecular flexibility index (Phi) is 6.08. The molecule has 0 aliphatic rings. The second-order valence-electron chi connectivity index (χ2n) is 8.64. The van der Waals surface area contributed by atoms with E-state index in [2.05, 4.69) is 5.10 Å². The summed E-state index contributed by atoms with van der Waals surface area (Å²) < 4.78 is 34.6. The molecule has 0 atom stereocenters. The van der Waals surface area contributed by atoms with Gasteiger partial charge in [-0.25, -0.2) is 21.9 Å². The van der Waals surface area contributed by atoms with E-state index in [0.29, 0.717) is 28.0 Å². The Balaban J connectivity index is 1.64. The molecule has 188 valence electrons. The maximum Gasteiger partial charge on any atom is 0.359 e. The number of carbonyl (C=O) groups excluding carboxylic acids is 1. The number of aromatic hydroxyl groups is 1. The first-order chi connectivity index (χ1) is 17.7. The molecule has 2 aromatic heterocycles. The number of aromatic nitrogens is 3. The highest BCUT2D eigenvalue weighted by atomic mass is 32.2. The molecule has 0 aliphatic heterocycles. The fraction of sp³-hybridized carbons (Fsp3) is 0.143. The van der Waals surface area contributed by atoms with Gasteiger partial charge in [0.1, 0.15) is 5.75 Å². The number of aryl methyl sites for hydroxylation is 2. The number of nitrogens with zero attached hydrogens (tertiary/aromatic N) is 3. The van der Waals surface area contributed by atoms with Gasteiger partial charge in [-0.1, -0.05) is 18.2 Å². The summed E-state index contributed by atoms with van der Waals surface area (Å²) in [6.45, 7) is 5.43. The molecule has 0 bridgehead atoms. The highest BCUT2D eigenvalue weighted by molar-refractivity contribution is 7.90. The number of phenols is 1. The van der Waals surface area contributed by atoms with E-state index < -0.39 is 16.0 Å². The third kappa shape index (κ3) is 4.27. The second-order valence-corrected chi connectivity index (χ2v) is 10.4. The Hall–Kier alpha value is -4.37. The lowest BCUT2D eigenvalue weighted by Crippen LogP contribution is -2.15. The second kappa shape index (κ2) is 9.25. The minimum absolute atomic E-state index is 0.140. The van der Waals surface area contributed by atoms with Gasteiger partial charge in [0.05, 0.1) is 22.7 Å². The normalized spacial score (nSPS) is 11.6. The van der Waals surface area contributed by atoms with Crippen LogP contribution in [0.25, 0.3) is 27.7 Å².